The Balaban J connectivity index is 1.71. The molecule has 154 valence electrons. The second-order valence-corrected chi connectivity index (χ2v) is 7.36. The van der Waals surface area contributed by atoms with Crippen LogP contribution in [0.1, 0.15) is 15.9 Å². The number of phenols is 1. The van der Waals surface area contributed by atoms with Gasteiger partial charge in [0.2, 0.25) is 0 Å². The molecule has 1 amide bonds. The summed E-state index contributed by atoms with van der Waals surface area (Å²) in [5, 5.41) is 15.9. The number of hydrogen-bond donors (Lipinski definition) is 2. The van der Waals surface area contributed by atoms with Crippen LogP contribution in [0.15, 0.2) is 58.1 Å². The number of nitrogens with zero attached hydrogens (tertiary/aromatic N) is 1. The molecular weight excluding hydrogens is 476 g/mol. The lowest BCUT2D eigenvalue weighted by molar-refractivity contribution is -0.142. The second kappa shape index (κ2) is 9.60. The van der Waals surface area contributed by atoms with Crippen LogP contribution in [0.5, 0.6) is 11.5 Å². The Morgan fingerprint density at radius 3 is 2.57 bits per heavy atom. The van der Waals surface area contributed by atoms with E-state index < -0.39 is 11.9 Å². The van der Waals surface area contributed by atoms with E-state index in [9.17, 15) is 14.7 Å². The minimum Gasteiger partial charge on any atom is -0.507 e. The smallest absolute Gasteiger partial charge is 0.343 e. The van der Waals surface area contributed by atoms with E-state index in [2.05, 4.69) is 31.2 Å². The summed E-state index contributed by atoms with van der Waals surface area (Å²) >= 11 is 9.50. The first kappa shape index (κ1) is 21.6. The lowest BCUT2D eigenvalue weighted by Gasteiger charge is -2.10. The Hall–Kier alpha value is -3.10. The molecule has 7 nitrogen and oxygen atoms in total. The van der Waals surface area contributed by atoms with Crippen LogP contribution < -0.4 is 10.2 Å². The topological polar surface area (TPSA) is 97.2 Å². The van der Waals surface area contributed by atoms with Gasteiger partial charge in [-0.3, -0.25) is 4.79 Å². The van der Waals surface area contributed by atoms with Gasteiger partial charge in [-0.2, -0.15) is 5.10 Å². The third-order valence-corrected chi connectivity index (χ3v) is 4.94. The highest BCUT2D eigenvalue weighted by Gasteiger charge is 2.13. The fraction of sp³-hybridized carbons (Fsp3) is 0.0952. The van der Waals surface area contributed by atoms with Gasteiger partial charge in [0.25, 0.3) is 5.91 Å². The zero-order valence-electron chi connectivity index (χ0n) is 15.7. The molecule has 3 rings (SSSR count). The summed E-state index contributed by atoms with van der Waals surface area (Å²) < 4.78 is 10.3. The number of hydrazone groups is 1. The summed E-state index contributed by atoms with van der Waals surface area (Å²) in [6.45, 7) is -0.284. The molecule has 0 aromatic heterocycles. The van der Waals surface area contributed by atoms with Gasteiger partial charge in [-0.15, -0.1) is 0 Å². The second-order valence-electron chi connectivity index (χ2n) is 6.09. The third kappa shape index (κ3) is 5.08. The number of rotatable bonds is 6. The van der Waals surface area contributed by atoms with E-state index in [0.717, 1.165) is 10.8 Å². The number of esters is 1. The zero-order chi connectivity index (χ0) is 21.7. The first-order chi connectivity index (χ1) is 14.4. The average Bonchev–Trinajstić information content (AvgIpc) is 2.72. The van der Waals surface area contributed by atoms with Crippen molar-refractivity contribution in [3.8, 4) is 11.5 Å². The molecule has 0 bridgehead atoms. The number of fused-ring (bicyclic) bond motifs is 1. The molecule has 0 radical (unpaired) electrons. The van der Waals surface area contributed by atoms with Crippen LogP contribution in [0.4, 0.5) is 0 Å². The molecular formula is C21H16BrClN2O5. The van der Waals surface area contributed by atoms with Crippen LogP contribution in [-0.2, 0) is 9.53 Å². The van der Waals surface area contributed by atoms with Gasteiger partial charge in [0.1, 0.15) is 5.75 Å². The lowest BCUT2D eigenvalue weighted by Crippen LogP contribution is -2.17. The first-order valence-electron chi connectivity index (χ1n) is 8.63. The predicted octanol–water partition coefficient (Wildman–Crippen LogP) is 4.28. The Morgan fingerprint density at radius 1 is 1.20 bits per heavy atom. The molecule has 0 aliphatic rings. The maximum atomic E-state index is 12.4. The lowest BCUT2D eigenvalue weighted by atomic mass is 10.1. The van der Waals surface area contributed by atoms with E-state index >= 15 is 0 Å². The molecule has 0 heterocycles. The van der Waals surface area contributed by atoms with Crippen molar-refractivity contribution < 1.29 is 24.2 Å². The Morgan fingerprint density at radius 2 is 1.90 bits per heavy atom. The van der Waals surface area contributed by atoms with Crippen molar-refractivity contribution in [2.24, 2.45) is 5.10 Å². The summed E-state index contributed by atoms with van der Waals surface area (Å²) in [6, 6.07) is 13.7. The molecule has 0 saturated carbocycles. The fourth-order valence-electron chi connectivity index (χ4n) is 2.62. The summed E-state index contributed by atoms with van der Waals surface area (Å²) in [5.74, 6) is -0.954. The molecule has 30 heavy (non-hydrogen) atoms. The Kier molecular flexibility index (Phi) is 6.91. The van der Waals surface area contributed by atoms with Crippen LogP contribution in [0.25, 0.3) is 10.8 Å². The third-order valence-electron chi connectivity index (χ3n) is 4.07. The van der Waals surface area contributed by atoms with E-state index in [1.54, 1.807) is 18.2 Å². The Bertz CT molecular complexity index is 1130. The van der Waals surface area contributed by atoms with Crippen molar-refractivity contribution in [1.82, 2.24) is 5.43 Å². The van der Waals surface area contributed by atoms with Crippen molar-refractivity contribution in [3.05, 3.63) is 69.2 Å². The molecule has 3 aromatic carbocycles. The van der Waals surface area contributed by atoms with Crippen LogP contribution >= 0.6 is 27.5 Å². The number of nitrogens with one attached hydrogen (secondary N) is 1. The first-order valence-corrected chi connectivity index (χ1v) is 9.80. The van der Waals surface area contributed by atoms with Gasteiger partial charge in [0, 0.05) is 0 Å². The average molecular weight is 492 g/mol. The molecule has 0 aliphatic carbocycles. The SMILES string of the molecule is COC(=O)COc1c(Cl)cc(C=NNC(=O)c2cc3ccccc3cc2O)cc1Br. The molecule has 0 atom stereocenters. The molecule has 0 saturated heterocycles. The largest absolute Gasteiger partial charge is 0.507 e. The summed E-state index contributed by atoms with van der Waals surface area (Å²) in [4.78, 5) is 23.6. The molecule has 0 aliphatic heterocycles. The summed E-state index contributed by atoms with van der Waals surface area (Å²) in [7, 11) is 1.26. The number of methoxy groups -OCH3 is 1. The van der Waals surface area contributed by atoms with Crippen LogP contribution in [0.2, 0.25) is 5.02 Å². The van der Waals surface area contributed by atoms with Gasteiger partial charge < -0.3 is 14.6 Å². The van der Waals surface area contributed by atoms with E-state index in [1.807, 2.05) is 24.3 Å². The maximum absolute atomic E-state index is 12.4. The molecule has 3 aromatic rings. The molecule has 2 N–H and O–H groups in total. The number of ether oxygens (including phenoxy) is 2. The number of phenolic OH excluding ortho intramolecular Hbond substituents is 1. The van der Waals surface area contributed by atoms with Gasteiger partial charge in [-0.05, 0) is 56.5 Å². The number of hydrogen-bond acceptors (Lipinski definition) is 6. The predicted molar refractivity (Wildman–Crippen MR) is 117 cm³/mol. The summed E-state index contributed by atoms with van der Waals surface area (Å²) in [5.41, 5.74) is 3.05. The van der Waals surface area contributed by atoms with Crippen molar-refractivity contribution in [3.63, 3.8) is 0 Å². The van der Waals surface area contributed by atoms with Crippen LogP contribution in [0, 0.1) is 0 Å². The minimum atomic E-state index is -0.558. The van der Waals surface area contributed by atoms with Gasteiger partial charge >= 0.3 is 5.97 Å². The number of aromatic hydroxyl groups is 1. The highest BCUT2D eigenvalue weighted by Crippen LogP contribution is 2.34. The minimum absolute atomic E-state index is 0.108. The van der Waals surface area contributed by atoms with E-state index in [-0.39, 0.29) is 28.7 Å². The quantitative estimate of drug-likeness (QED) is 0.305. The van der Waals surface area contributed by atoms with Gasteiger partial charge in [-0.25, -0.2) is 10.2 Å². The van der Waals surface area contributed by atoms with Gasteiger partial charge in [0.15, 0.2) is 12.4 Å². The number of carbonyl (C=O) groups excluding carboxylic acids is 2. The number of halogens is 2. The maximum Gasteiger partial charge on any atom is 0.343 e. The number of carbonyl (C=O) groups is 2. The van der Waals surface area contributed by atoms with Crippen LogP contribution in [0.3, 0.4) is 0 Å². The molecule has 0 unspecified atom stereocenters. The zero-order valence-corrected chi connectivity index (χ0v) is 18.0. The van der Waals surface area contributed by atoms with Crippen molar-refractivity contribution in [2.75, 3.05) is 13.7 Å². The van der Waals surface area contributed by atoms with Crippen molar-refractivity contribution in [2.45, 2.75) is 0 Å². The molecule has 9 heteroatoms. The highest BCUT2D eigenvalue weighted by atomic mass is 79.9. The van der Waals surface area contributed by atoms with Gasteiger partial charge in [-0.1, -0.05) is 35.9 Å². The fourth-order valence-corrected chi connectivity index (χ4v) is 3.61. The monoisotopic (exact) mass is 490 g/mol. The van der Waals surface area contributed by atoms with Crippen LogP contribution in [-0.4, -0.2) is 36.9 Å². The highest BCUT2D eigenvalue weighted by molar-refractivity contribution is 9.10. The number of amides is 1. The van der Waals surface area contributed by atoms with Gasteiger partial charge in [0.05, 0.1) is 28.4 Å². The van der Waals surface area contributed by atoms with Crippen molar-refractivity contribution >= 4 is 56.4 Å². The summed E-state index contributed by atoms with van der Waals surface area (Å²) in [6.07, 6.45) is 1.39. The van der Waals surface area contributed by atoms with E-state index in [4.69, 9.17) is 16.3 Å². The Labute approximate surface area is 185 Å². The molecule has 0 fully saturated rings. The number of benzene rings is 3. The van der Waals surface area contributed by atoms with E-state index in [0.29, 0.717) is 10.0 Å². The normalized spacial score (nSPS) is 10.9. The standard InChI is InChI=1S/C21H16BrClN2O5/c1-29-19(27)11-30-20-16(22)6-12(7-17(20)23)10-24-25-21(28)15-8-13-4-2-3-5-14(13)9-18(15)26/h2-10,26H,11H2,1H3,(H,25,28). The molecule has 0 spiro atoms. The van der Waals surface area contributed by atoms with Crippen molar-refractivity contribution in [1.29, 1.82) is 0 Å². The van der Waals surface area contributed by atoms with E-state index in [1.165, 1.54) is 19.4 Å².